The number of carbonyl (C=O) groups excluding carboxylic acids is 1. The van der Waals surface area contributed by atoms with Crippen LogP contribution in [0.3, 0.4) is 0 Å². The zero-order valence-corrected chi connectivity index (χ0v) is 18.9. The lowest BCUT2D eigenvalue weighted by Gasteiger charge is -2.17. The van der Waals surface area contributed by atoms with Crippen LogP contribution in [-0.2, 0) is 9.47 Å². The van der Waals surface area contributed by atoms with Gasteiger partial charge in [-0.25, -0.2) is 18.6 Å². The van der Waals surface area contributed by atoms with Gasteiger partial charge in [0.25, 0.3) is 0 Å². The van der Waals surface area contributed by atoms with E-state index in [-0.39, 0.29) is 35.0 Å². The van der Waals surface area contributed by atoms with Crippen molar-refractivity contribution in [2.75, 3.05) is 26.9 Å². The summed E-state index contributed by atoms with van der Waals surface area (Å²) in [4.78, 5) is 16.8. The van der Waals surface area contributed by atoms with Gasteiger partial charge in [-0.2, -0.15) is 5.10 Å². The molecule has 1 fully saturated rings. The molecule has 2 aromatic heterocycles. The minimum absolute atomic E-state index is 0.0694. The van der Waals surface area contributed by atoms with E-state index in [1.54, 1.807) is 27.0 Å². The predicted octanol–water partition coefficient (Wildman–Crippen LogP) is 4.65. The number of aromatic nitrogens is 3. The molecule has 1 aromatic carbocycles. The second-order valence-corrected chi connectivity index (χ2v) is 7.85. The molecule has 3 heterocycles. The van der Waals surface area contributed by atoms with E-state index in [4.69, 9.17) is 14.2 Å². The van der Waals surface area contributed by atoms with Crippen molar-refractivity contribution in [2.45, 2.75) is 33.2 Å². The molecule has 1 atom stereocenters. The van der Waals surface area contributed by atoms with Gasteiger partial charge < -0.3 is 14.2 Å². The SMILES string of the molecule is CCOC(=O)c1cnn([C@@H]2CCOC2)c1-c1cc(F)c(-c2c(C)cnc(OC)c2C)cc1F. The van der Waals surface area contributed by atoms with Crippen LogP contribution in [0.25, 0.3) is 22.4 Å². The van der Waals surface area contributed by atoms with Crippen LogP contribution in [0.4, 0.5) is 8.78 Å². The third kappa shape index (κ3) is 4.08. The minimum Gasteiger partial charge on any atom is -0.481 e. The average molecular weight is 457 g/mol. The Kier molecular flexibility index (Phi) is 6.42. The lowest BCUT2D eigenvalue weighted by molar-refractivity contribution is 0.0527. The molecule has 33 heavy (non-hydrogen) atoms. The molecular formula is C24H25F2N3O4. The maximum Gasteiger partial charge on any atom is 0.341 e. The highest BCUT2D eigenvalue weighted by molar-refractivity contribution is 5.96. The number of nitrogens with zero attached hydrogens (tertiary/aromatic N) is 3. The number of hydrogen-bond acceptors (Lipinski definition) is 6. The number of rotatable bonds is 6. The van der Waals surface area contributed by atoms with E-state index in [0.29, 0.717) is 42.2 Å². The first-order valence-corrected chi connectivity index (χ1v) is 10.7. The molecule has 4 rings (SSSR count). The third-order valence-electron chi connectivity index (χ3n) is 5.78. The van der Waals surface area contributed by atoms with Crippen molar-refractivity contribution >= 4 is 5.97 Å². The number of carbonyl (C=O) groups is 1. The number of hydrogen-bond donors (Lipinski definition) is 0. The number of pyridine rings is 1. The van der Waals surface area contributed by atoms with Gasteiger partial charge in [-0.1, -0.05) is 0 Å². The Labute approximate surface area is 190 Å². The molecule has 3 aromatic rings. The van der Waals surface area contributed by atoms with Crippen molar-refractivity contribution < 1.29 is 27.8 Å². The van der Waals surface area contributed by atoms with Crippen molar-refractivity contribution in [1.29, 1.82) is 0 Å². The summed E-state index contributed by atoms with van der Waals surface area (Å²) in [6.45, 7) is 6.23. The smallest absolute Gasteiger partial charge is 0.341 e. The number of ether oxygens (including phenoxy) is 3. The number of benzene rings is 1. The van der Waals surface area contributed by atoms with E-state index in [0.717, 1.165) is 12.1 Å². The fourth-order valence-electron chi connectivity index (χ4n) is 4.24. The molecule has 0 aliphatic carbocycles. The molecule has 0 saturated carbocycles. The Morgan fingerprint density at radius 1 is 1.21 bits per heavy atom. The van der Waals surface area contributed by atoms with Crippen molar-refractivity contribution in [3.63, 3.8) is 0 Å². The summed E-state index contributed by atoms with van der Waals surface area (Å²) in [7, 11) is 1.47. The van der Waals surface area contributed by atoms with E-state index >= 15 is 8.78 Å². The number of halogens is 2. The average Bonchev–Trinajstić information content (AvgIpc) is 3.46. The molecule has 7 nitrogen and oxygen atoms in total. The number of aryl methyl sites for hydroxylation is 1. The summed E-state index contributed by atoms with van der Waals surface area (Å²) < 4.78 is 48.4. The normalized spacial score (nSPS) is 15.6. The molecule has 0 spiro atoms. The van der Waals surface area contributed by atoms with Gasteiger partial charge in [0.2, 0.25) is 5.88 Å². The van der Waals surface area contributed by atoms with Crippen LogP contribution >= 0.6 is 0 Å². The molecule has 1 aliphatic rings. The van der Waals surface area contributed by atoms with E-state index in [1.807, 2.05) is 0 Å². The Morgan fingerprint density at radius 3 is 2.61 bits per heavy atom. The highest BCUT2D eigenvalue weighted by Crippen LogP contribution is 2.38. The molecule has 9 heteroatoms. The van der Waals surface area contributed by atoms with Crippen molar-refractivity contribution in [3.05, 3.63) is 52.9 Å². The standard InChI is InChI=1S/C24H25F2N3O4/c1-5-33-24(30)18-11-28-29(15-6-7-32-12-15)22(18)17-9-19(25)16(8-20(17)26)21-13(2)10-27-23(31-4)14(21)3/h8-11,15H,5-7,12H2,1-4H3/t15-/m1/s1. The van der Waals surface area contributed by atoms with Crippen molar-refractivity contribution in [2.24, 2.45) is 0 Å². The molecule has 0 bridgehead atoms. The first-order valence-electron chi connectivity index (χ1n) is 10.7. The molecule has 0 N–H and O–H groups in total. The highest BCUT2D eigenvalue weighted by atomic mass is 19.1. The van der Waals surface area contributed by atoms with Gasteiger partial charge in [0.15, 0.2) is 0 Å². The van der Waals surface area contributed by atoms with Gasteiger partial charge in [-0.15, -0.1) is 0 Å². The Balaban J connectivity index is 1.89. The van der Waals surface area contributed by atoms with Gasteiger partial charge in [0.05, 0.1) is 38.3 Å². The van der Waals surface area contributed by atoms with Crippen LogP contribution in [-0.4, -0.2) is 47.7 Å². The quantitative estimate of drug-likeness (QED) is 0.502. The minimum atomic E-state index is -0.688. The maximum atomic E-state index is 15.6. The fraction of sp³-hybridized carbons (Fsp3) is 0.375. The second-order valence-electron chi connectivity index (χ2n) is 7.85. The van der Waals surface area contributed by atoms with Gasteiger partial charge >= 0.3 is 5.97 Å². The molecule has 174 valence electrons. The molecule has 1 saturated heterocycles. The molecule has 0 unspecified atom stereocenters. The van der Waals surface area contributed by atoms with E-state index < -0.39 is 17.6 Å². The predicted molar refractivity (Wildman–Crippen MR) is 117 cm³/mol. The van der Waals surface area contributed by atoms with E-state index in [2.05, 4.69) is 10.1 Å². The van der Waals surface area contributed by atoms with Crippen molar-refractivity contribution in [3.8, 4) is 28.3 Å². The topological polar surface area (TPSA) is 75.5 Å². The van der Waals surface area contributed by atoms with Crippen LogP contribution in [0, 0.1) is 25.5 Å². The Hall–Kier alpha value is -3.33. The number of methoxy groups -OCH3 is 1. The molecule has 0 amide bonds. The lowest BCUT2D eigenvalue weighted by atomic mass is 9.94. The van der Waals surface area contributed by atoms with Crippen LogP contribution in [0.2, 0.25) is 0 Å². The highest BCUT2D eigenvalue weighted by Gasteiger charge is 2.29. The second kappa shape index (κ2) is 9.27. The van der Waals surface area contributed by atoms with Crippen LogP contribution in [0.1, 0.15) is 40.9 Å². The summed E-state index contributed by atoms with van der Waals surface area (Å²) in [6, 6.07) is 2.04. The fourth-order valence-corrected chi connectivity index (χ4v) is 4.24. The summed E-state index contributed by atoms with van der Waals surface area (Å²) in [5.74, 6) is -1.64. The van der Waals surface area contributed by atoms with Gasteiger partial charge in [0, 0.05) is 29.5 Å². The number of esters is 1. The van der Waals surface area contributed by atoms with Gasteiger partial charge in [-0.3, -0.25) is 4.68 Å². The van der Waals surface area contributed by atoms with Crippen LogP contribution < -0.4 is 4.74 Å². The Bertz CT molecular complexity index is 1200. The zero-order valence-electron chi connectivity index (χ0n) is 18.9. The Morgan fingerprint density at radius 2 is 1.94 bits per heavy atom. The van der Waals surface area contributed by atoms with E-state index in [1.165, 1.54) is 18.0 Å². The zero-order chi connectivity index (χ0) is 23.7. The van der Waals surface area contributed by atoms with Crippen LogP contribution in [0.15, 0.2) is 24.5 Å². The first-order chi connectivity index (χ1) is 15.9. The summed E-state index contributed by atoms with van der Waals surface area (Å²) in [5, 5.41) is 4.30. The monoisotopic (exact) mass is 457 g/mol. The summed E-state index contributed by atoms with van der Waals surface area (Å²) in [6.07, 6.45) is 3.54. The lowest BCUT2D eigenvalue weighted by Crippen LogP contribution is -2.14. The van der Waals surface area contributed by atoms with Gasteiger partial charge in [0.1, 0.15) is 17.2 Å². The molecular weight excluding hydrogens is 432 g/mol. The summed E-state index contributed by atoms with van der Waals surface area (Å²) in [5.41, 5.74) is 2.05. The first kappa shape index (κ1) is 22.8. The maximum absolute atomic E-state index is 15.6. The van der Waals surface area contributed by atoms with Crippen molar-refractivity contribution in [1.82, 2.24) is 14.8 Å². The van der Waals surface area contributed by atoms with Crippen LogP contribution in [0.5, 0.6) is 5.88 Å². The van der Waals surface area contributed by atoms with E-state index in [9.17, 15) is 4.79 Å². The molecule has 0 radical (unpaired) electrons. The molecule has 1 aliphatic heterocycles. The van der Waals surface area contributed by atoms with Gasteiger partial charge in [-0.05, 0) is 50.5 Å². The third-order valence-corrected chi connectivity index (χ3v) is 5.78. The largest absolute Gasteiger partial charge is 0.481 e. The summed E-state index contributed by atoms with van der Waals surface area (Å²) >= 11 is 0.